The van der Waals surface area contributed by atoms with Gasteiger partial charge >= 0.3 is 0 Å². The molecule has 0 spiro atoms. The first-order valence-corrected chi connectivity index (χ1v) is 10.7. The standard InChI is InChI=1S/C19H31NO5S/c1-5-24-10-11-25-12-13-26(22,23)20-19(21)16(4)18-8-6-17(7-9-18)14-15(2)3/h6-9,15-16H,5,10-14H2,1-4H3,(H,20,21)/t16-/m1/s1. The molecule has 0 aliphatic carbocycles. The number of ether oxygens (including phenoxy) is 2. The van der Waals surface area contributed by atoms with Gasteiger partial charge in [0.2, 0.25) is 15.9 Å². The van der Waals surface area contributed by atoms with Crippen LogP contribution in [-0.2, 0) is 30.7 Å². The fourth-order valence-corrected chi connectivity index (χ4v) is 3.31. The van der Waals surface area contributed by atoms with Gasteiger partial charge in [-0.2, -0.15) is 0 Å². The smallest absolute Gasteiger partial charge is 0.240 e. The minimum absolute atomic E-state index is 0.0218. The summed E-state index contributed by atoms with van der Waals surface area (Å²) in [6, 6.07) is 7.73. The maximum Gasteiger partial charge on any atom is 0.240 e. The average molecular weight is 386 g/mol. The van der Waals surface area contributed by atoms with E-state index in [9.17, 15) is 13.2 Å². The summed E-state index contributed by atoms with van der Waals surface area (Å²) < 4.78 is 36.4. The lowest BCUT2D eigenvalue weighted by Crippen LogP contribution is -2.36. The summed E-state index contributed by atoms with van der Waals surface area (Å²) in [4.78, 5) is 12.2. The third-order valence-electron chi connectivity index (χ3n) is 3.85. The van der Waals surface area contributed by atoms with Gasteiger partial charge in [-0.15, -0.1) is 0 Å². The second-order valence-corrected chi connectivity index (χ2v) is 8.50. The fraction of sp³-hybridized carbons (Fsp3) is 0.632. The van der Waals surface area contributed by atoms with Crippen molar-refractivity contribution in [1.82, 2.24) is 4.72 Å². The van der Waals surface area contributed by atoms with Crippen LogP contribution in [0.2, 0.25) is 0 Å². The second-order valence-electron chi connectivity index (χ2n) is 6.66. The Kier molecular flexibility index (Phi) is 9.83. The number of nitrogens with one attached hydrogen (secondary N) is 1. The molecule has 0 aromatic heterocycles. The highest BCUT2D eigenvalue weighted by molar-refractivity contribution is 7.90. The Labute approximate surface area is 157 Å². The molecule has 0 bridgehead atoms. The Morgan fingerprint density at radius 1 is 1.04 bits per heavy atom. The number of amides is 1. The molecular weight excluding hydrogens is 354 g/mol. The highest BCUT2D eigenvalue weighted by atomic mass is 32.2. The Morgan fingerprint density at radius 2 is 1.65 bits per heavy atom. The van der Waals surface area contributed by atoms with Crippen LogP contribution in [-0.4, -0.2) is 46.5 Å². The van der Waals surface area contributed by atoms with Gasteiger partial charge in [0.05, 0.1) is 31.5 Å². The molecule has 0 saturated carbocycles. The van der Waals surface area contributed by atoms with Gasteiger partial charge in [0.1, 0.15) is 0 Å². The van der Waals surface area contributed by atoms with Crippen molar-refractivity contribution in [3.63, 3.8) is 0 Å². The van der Waals surface area contributed by atoms with Gasteiger partial charge in [0.15, 0.2) is 0 Å². The van der Waals surface area contributed by atoms with Crippen molar-refractivity contribution < 1.29 is 22.7 Å². The minimum atomic E-state index is -3.72. The van der Waals surface area contributed by atoms with Gasteiger partial charge in [0.25, 0.3) is 0 Å². The molecule has 6 nitrogen and oxygen atoms in total. The van der Waals surface area contributed by atoms with Gasteiger partial charge in [0, 0.05) is 6.61 Å². The molecule has 1 aromatic carbocycles. The third kappa shape index (κ3) is 8.78. The number of carbonyl (C=O) groups excluding carboxylic acids is 1. The zero-order valence-corrected chi connectivity index (χ0v) is 17.0. The van der Waals surface area contributed by atoms with Crippen LogP contribution < -0.4 is 4.72 Å². The Balaban J connectivity index is 2.49. The van der Waals surface area contributed by atoms with Gasteiger partial charge in [-0.3, -0.25) is 9.52 Å². The first-order chi connectivity index (χ1) is 12.2. The first kappa shape index (κ1) is 22.6. The molecule has 0 heterocycles. The number of rotatable bonds is 12. The lowest BCUT2D eigenvalue weighted by molar-refractivity contribution is -0.120. The van der Waals surface area contributed by atoms with E-state index in [1.165, 1.54) is 5.56 Å². The van der Waals surface area contributed by atoms with E-state index in [-0.39, 0.29) is 12.4 Å². The molecule has 0 saturated heterocycles. The molecule has 1 N–H and O–H groups in total. The van der Waals surface area contributed by atoms with Crippen LogP contribution in [0.1, 0.15) is 44.7 Å². The molecule has 7 heteroatoms. The topological polar surface area (TPSA) is 81.7 Å². The Morgan fingerprint density at radius 3 is 2.23 bits per heavy atom. The van der Waals surface area contributed by atoms with Crippen LogP contribution in [0.4, 0.5) is 0 Å². The van der Waals surface area contributed by atoms with Crippen LogP contribution in [0.5, 0.6) is 0 Å². The largest absolute Gasteiger partial charge is 0.379 e. The van der Waals surface area contributed by atoms with Crippen molar-refractivity contribution in [3.05, 3.63) is 35.4 Å². The Hall–Kier alpha value is -1.44. The summed E-state index contributed by atoms with van der Waals surface area (Å²) in [7, 11) is -3.72. The molecule has 1 amide bonds. The van der Waals surface area contributed by atoms with E-state index >= 15 is 0 Å². The molecule has 1 aromatic rings. The van der Waals surface area contributed by atoms with E-state index in [0.717, 1.165) is 12.0 Å². The molecule has 1 rings (SSSR count). The van der Waals surface area contributed by atoms with E-state index in [0.29, 0.717) is 25.7 Å². The second kappa shape index (κ2) is 11.3. The van der Waals surface area contributed by atoms with Crippen molar-refractivity contribution in [2.75, 3.05) is 32.2 Å². The van der Waals surface area contributed by atoms with Crippen LogP contribution in [0.25, 0.3) is 0 Å². The number of sulfonamides is 1. The summed E-state index contributed by atoms with van der Waals surface area (Å²) in [5.74, 6) is -0.777. The fourth-order valence-electron chi connectivity index (χ4n) is 2.39. The van der Waals surface area contributed by atoms with Crippen LogP contribution >= 0.6 is 0 Å². The van der Waals surface area contributed by atoms with Crippen molar-refractivity contribution in [3.8, 4) is 0 Å². The average Bonchev–Trinajstić information content (AvgIpc) is 2.57. The minimum Gasteiger partial charge on any atom is -0.379 e. The van der Waals surface area contributed by atoms with E-state index < -0.39 is 21.8 Å². The van der Waals surface area contributed by atoms with E-state index in [1.807, 2.05) is 31.2 Å². The van der Waals surface area contributed by atoms with Crippen LogP contribution in [0.15, 0.2) is 24.3 Å². The zero-order valence-electron chi connectivity index (χ0n) is 16.2. The number of carbonyl (C=O) groups is 1. The molecule has 0 aliphatic rings. The Bertz CT molecular complexity index is 640. The number of benzene rings is 1. The van der Waals surface area contributed by atoms with Crippen LogP contribution in [0, 0.1) is 5.92 Å². The summed E-state index contributed by atoms with van der Waals surface area (Å²) in [5.41, 5.74) is 1.99. The van der Waals surface area contributed by atoms with Gasteiger partial charge < -0.3 is 9.47 Å². The summed E-state index contributed by atoms with van der Waals surface area (Å²) in [5, 5.41) is 0. The summed E-state index contributed by atoms with van der Waals surface area (Å²) in [6.07, 6.45) is 0.971. The lowest BCUT2D eigenvalue weighted by Gasteiger charge is -2.14. The third-order valence-corrected chi connectivity index (χ3v) is 5.06. The highest BCUT2D eigenvalue weighted by Gasteiger charge is 2.21. The first-order valence-electron chi connectivity index (χ1n) is 9.03. The van der Waals surface area contributed by atoms with Crippen molar-refractivity contribution >= 4 is 15.9 Å². The molecular formula is C19H31NO5S. The quantitative estimate of drug-likeness (QED) is 0.559. The van der Waals surface area contributed by atoms with Crippen molar-refractivity contribution in [1.29, 1.82) is 0 Å². The summed E-state index contributed by atoms with van der Waals surface area (Å²) >= 11 is 0. The van der Waals surface area contributed by atoms with E-state index in [4.69, 9.17) is 9.47 Å². The highest BCUT2D eigenvalue weighted by Crippen LogP contribution is 2.18. The molecule has 0 unspecified atom stereocenters. The van der Waals surface area contributed by atoms with E-state index in [2.05, 4.69) is 18.6 Å². The maximum absolute atomic E-state index is 12.2. The lowest BCUT2D eigenvalue weighted by atomic mass is 9.96. The predicted molar refractivity (Wildman–Crippen MR) is 103 cm³/mol. The SMILES string of the molecule is CCOCCOCCS(=O)(=O)NC(=O)[C@H](C)c1ccc(CC(C)C)cc1. The van der Waals surface area contributed by atoms with Gasteiger partial charge in [-0.25, -0.2) is 8.42 Å². The molecule has 1 atom stereocenters. The van der Waals surface area contributed by atoms with Gasteiger partial charge in [-0.1, -0.05) is 38.1 Å². The molecule has 26 heavy (non-hydrogen) atoms. The number of hydrogen-bond donors (Lipinski definition) is 1. The monoisotopic (exact) mass is 385 g/mol. The molecule has 148 valence electrons. The zero-order chi connectivity index (χ0) is 19.6. The molecule has 0 radical (unpaired) electrons. The maximum atomic E-state index is 12.2. The molecule has 0 aliphatic heterocycles. The predicted octanol–water partition coefficient (Wildman–Crippen LogP) is 2.49. The van der Waals surface area contributed by atoms with E-state index in [1.54, 1.807) is 6.92 Å². The normalized spacial score (nSPS) is 13.0. The van der Waals surface area contributed by atoms with Crippen LogP contribution in [0.3, 0.4) is 0 Å². The number of hydrogen-bond acceptors (Lipinski definition) is 5. The van der Waals surface area contributed by atoms with Gasteiger partial charge in [-0.05, 0) is 37.3 Å². The summed E-state index contributed by atoms with van der Waals surface area (Å²) in [6.45, 7) is 9.23. The van der Waals surface area contributed by atoms with Crippen molar-refractivity contribution in [2.45, 2.75) is 40.0 Å². The molecule has 0 fully saturated rings. The van der Waals surface area contributed by atoms with Crippen molar-refractivity contribution in [2.24, 2.45) is 5.92 Å².